The van der Waals surface area contributed by atoms with E-state index < -0.39 is 174 Å². The molecule has 7 atom stereocenters. The highest BCUT2D eigenvalue weighted by atomic mass is 35.5. The Morgan fingerprint density at radius 3 is 1.84 bits per heavy atom. The molecular weight excluding hydrogens is 1320 g/mol. The topological polar surface area (TPSA) is 294 Å². The van der Waals surface area contributed by atoms with Gasteiger partial charge in [0, 0.05) is 69.0 Å². The van der Waals surface area contributed by atoms with Gasteiger partial charge in [0.2, 0.25) is 70.9 Å². The Labute approximate surface area is 591 Å². The highest BCUT2D eigenvalue weighted by Crippen LogP contribution is 2.38. The number of piperidine rings is 1. The summed E-state index contributed by atoms with van der Waals surface area (Å²) < 4.78 is 41.6. The fraction of sp³-hybridized carbons (Fsp3) is 0.732. The van der Waals surface area contributed by atoms with Crippen LogP contribution in [-0.2, 0) is 70.1 Å². The number of amides is 12. The van der Waals surface area contributed by atoms with E-state index in [-0.39, 0.29) is 63.3 Å². The summed E-state index contributed by atoms with van der Waals surface area (Å²) >= 11 is 6.15. The van der Waals surface area contributed by atoms with Crippen molar-refractivity contribution in [2.75, 3.05) is 88.6 Å². The SMILES string of the molecule is CC(C)C[C@H]1C(=O)N[C@@H](CC#N)C(=O)N(C)CC(=O)N(C)CC(=O)N(C)[C@@H](CC2CCCCC2)C(=O)N(C)CC(=O)N[C@@H](CCc2ccc(C(F)(F)F)c(Cl)c2)C(=O)N2CCC[C@H]2C(=O)NC2(CCCC2)C(=O)N(C)[C@@H](C2CCCCC2)C(=O)N(C)[C@H](C(=O)N2CCCCC2)CC(=O)N1C. The predicted molar refractivity (Wildman–Crippen MR) is 364 cm³/mol. The Balaban J connectivity index is 1.28. The summed E-state index contributed by atoms with van der Waals surface area (Å²) in [5.74, 6) is -8.99. The molecular formula is C71H105ClF3N13O12. The predicted octanol–water partition coefficient (Wildman–Crippen LogP) is 5.29. The number of aryl methyl sites for hydroxylation is 1. The summed E-state index contributed by atoms with van der Waals surface area (Å²) in [5, 5.41) is 17.9. The first-order valence-corrected chi connectivity index (χ1v) is 36.2. The number of alkyl halides is 3. The molecule has 3 N–H and O–H groups in total. The van der Waals surface area contributed by atoms with Gasteiger partial charge in [0.05, 0.1) is 49.1 Å². The van der Waals surface area contributed by atoms with Crippen LogP contribution in [0, 0.1) is 29.1 Å². The van der Waals surface area contributed by atoms with Crippen molar-refractivity contribution in [1.82, 2.24) is 60.0 Å². The maximum Gasteiger partial charge on any atom is 0.417 e. The number of nitrogens with zero attached hydrogens (tertiary/aromatic N) is 10. The molecule has 100 heavy (non-hydrogen) atoms. The largest absolute Gasteiger partial charge is 0.417 e. The number of carbonyl (C=O) groups excluding carboxylic acids is 12. The van der Waals surface area contributed by atoms with Crippen LogP contribution >= 0.6 is 11.6 Å². The minimum absolute atomic E-state index is 0.000607. The second-order valence-corrected chi connectivity index (χ2v) is 29.6. The summed E-state index contributed by atoms with van der Waals surface area (Å²) in [6, 6.07) is -4.16. The Bertz CT molecular complexity index is 3180. The average Bonchev–Trinajstić information content (AvgIpc) is 1.32. The van der Waals surface area contributed by atoms with Crippen LogP contribution in [-0.4, -0.2) is 251 Å². The second-order valence-electron chi connectivity index (χ2n) is 29.2. The van der Waals surface area contributed by atoms with Crippen LogP contribution in [0.3, 0.4) is 0 Å². The van der Waals surface area contributed by atoms with Gasteiger partial charge in [-0.15, -0.1) is 0 Å². The number of hydrogen-bond donors (Lipinski definition) is 3. The van der Waals surface area contributed by atoms with E-state index in [1.54, 1.807) is 4.90 Å². The molecule has 1 aromatic rings. The quantitative estimate of drug-likeness (QED) is 0.269. The van der Waals surface area contributed by atoms with Gasteiger partial charge in [-0.25, -0.2) is 0 Å². The highest BCUT2D eigenvalue weighted by Gasteiger charge is 2.51. The molecule has 0 unspecified atom stereocenters. The van der Waals surface area contributed by atoms with Crippen molar-refractivity contribution in [2.24, 2.45) is 17.8 Å². The van der Waals surface area contributed by atoms with E-state index in [9.17, 15) is 52.0 Å². The van der Waals surface area contributed by atoms with E-state index in [0.29, 0.717) is 63.6 Å². The van der Waals surface area contributed by atoms with E-state index in [1.807, 2.05) is 19.9 Å². The van der Waals surface area contributed by atoms with Gasteiger partial charge < -0.3 is 60.0 Å². The number of rotatable bonds is 10. The number of halogens is 4. The molecule has 3 heterocycles. The summed E-state index contributed by atoms with van der Waals surface area (Å²) in [6.07, 6.45) is 5.68. The van der Waals surface area contributed by atoms with Crippen LogP contribution in [0.2, 0.25) is 5.02 Å². The third-order valence-corrected chi connectivity index (χ3v) is 21.8. The summed E-state index contributed by atoms with van der Waals surface area (Å²) in [7, 11) is 9.69. The van der Waals surface area contributed by atoms with Crippen LogP contribution in [0.1, 0.15) is 179 Å². The number of benzene rings is 1. The van der Waals surface area contributed by atoms with E-state index >= 15 is 24.0 Å². The highest BCUT2D eigenvalue weighted by molar-refractivity contribution is 6.31. The average molecular weight is 1430 g/mol. The molecule has 0 aromatic heterocycles. The first-order chi connectivity index (χ1) is 47.3. The Morgan fingerprint density at radius 2 is 1.23 bits per heavy atom. The zero-order chi connectivity index (χ0) is 73.5. The Kier molecular flexibility index (Phi) is 28.6. The van der Waals surface area contributed by atoms with Crippen molar-refractivity contribution in [3.05, 3.63) is 34.3 Å². The van der Waals surface area contributed by atoms with E-state index in [4.69, 9.17) is 11.6 Å². The van der Waals surface area contributed by atoms with Gasteiger partial charge >= 0.3 is 6.18 Å². The zero-order valence-corrected chi connectivity index (χ0v) is 60.6. The normalized spacial score (nSPS) is 26.5. The van der Waals surface area contributed by atoms with Crippen molar-refractivity contribution in [3.8, 4) is 6.07 Å². The number of fused-ring (bicyclic) bond motifs is 1. The van der Waals surface area contributed by atoms with Gasteiger partial charge in [-0.2, -0.15) is 18.4 Å². The fourth-order valence-corrected chi connectivity index (χ4v) is 15.8. The van der Waals surface area contributed by atoms with Crippen LogP contribution < -0.4 is 16.0 Å². The molecule has 29 heteroatoms. The maximum atomic E-state index is 15.8. The number of likely N-dealkylation sites (N-methyl/N-ethyl adjacent to an activating group) is 7. The number of carbonyl (C=O) groups is 12. The van der Waals surface area contributed by atoms with Gasteiger partial charge in [0.1, 0.15) is 47.8 Å². The molecule has 1 spiro atoms. The van der Waals surface area contributed by atoms with Crippen molar-refractivity contribution in [2.45, 2.75) is 228 Å². The third kappa shape index (κ3) is 20.2. The monoisotopic (exact) mass is 1420 g/mol. The van der Waals surface area contributed by atoms with E-state index in [0.717, 1.165) is 84.6 Å². The van der Waals surface area contributed by atoms with Crippen molar-refractivity contribution >= 4 is 82.5 Å². The molecule has 12 amide bonds. The first-order valence-electron chi connectivity index (χ1n) is 35.8. The smallest absolute Gasteiger partial charge is 0.343 e. The number of hydrogen-bond acceptors (Lipinski definition) is 13. The molecule has 7 rings (SSSR count). The third-order valence-electron chi connectivity index (χ3n) is 21.5. The van der Waals surface area contributed by atoms with Crippen molar-refractivity contribution in [1.29, 1.82) is 5.26 Å². The zero-order valence-electron chi connectivity index (χ0n) is 59.8. The number of likely N-dealkylation sites (tertiary alicyclic amines) is 1. The maximum absolute atomic E-state index is 15.8. The van der Waals surface area contributed by atoms with Crippen molar-refractivity contribution < 1.29 is 70.7 Å². The lowest BCUT2D eigenvalue weighted by Crippen LogP contribution is -2.65. The molecule has 3 saturated heterocycles. The second kappa shape index (κ2) is 35.8. The first kappa shape index (κ1) is 79.8. The molecule has 3 saturated carbocycles. The van der Waals surface area contributed by atoms with Crippen LogP contribution in [0.15, 0.2) is 18.2 Å². The molecule has 1 aromatic carbocycles. The standard InChI is InChI=1S/C71H105ClF3N13O12/c1-45(2)38-54-62(93)78-52(31-34-76)64(95)82(5)43-59(91)80(3)44-60(92)84(7)55(40-46-22-13-10-14-23-46)66(97)81(4)42-57(89)77-51(30-28-47-27-29-49(50(72)39-47)71(73,74)75)65(96)88-37-21-26-53(88)63(94)79-70(32-17-18-33-70)69(100)86(9)61(48-24-15-11-16-25-48)68(99)85(8)56(41-58(90)83(54)6)67(98)87-35-19-12-20-36-87/h27,29,39,45-46,48,51-56,61H,10-26,28,30-33,35-38,40-44H2,1-9H3,(H,77,89)(H,78,93)(H,79,94)/t51-,52-,53-,54-,55-,56-,61-/m0/s1. The lowest BCUT2D eigenvalue weighted by Gasteiger charge is -2.43. The van der Waals surface area contributed by atoms with Crippen molar-refractivity contribution in [3.63, 3.8) is 0 Å². The van der Waals surface area contributed by atoms with Crippen LogP contribution in [0.25, 0.3) is 0 Å². The lowest BCUT2D eigenvalue weighted by atomic mass is 9.81. The minimum atomic E-state index is -4.76. The molecule has 6 aliphatic rings. The molecule has 0 bridgehead atoms. The molecule has 25 nitrogen and oxygen atoms in total. The Hall–Kier alpha value is -7.57. The molecule has 554 valence electrons. The van der Waals surface area contributed by atoms with Crippen LogP contribution in [0.5, 0.6) is 0 Å². The summed E-state index contributed by atoms with van der Waals surface area (Å²) in [5.41, 5.74) is -2.37. The van der Waals surface area contributed by atoms with Gasteiger partial charge in [-0.3, -0.25) is 57.5 Å². The number of nitrogens with one attached hydrogen (secondary N) is 3. The van der Waals surface area contributed by atoms with Gasteiger partial charge in [0.25, 0.3) is 0 Å². The molecule has 3 aliphatic heterocycles. The minimum Gasteiger partial charge on any atom is -0.343 e. The summed E-state index contributed by atoms with van der Waals surface area (Å²) in [4.78, 5) is 189. The van der Waals surface area contributed by atoms with Gasteiger partial charge in [-0.1, -0.05) is 95.7 Å². The van der Waals surface area contributed by atoms with Gasteiger partial charge in [-0.05, 0) is 119 Å². The molecule has 0 radical (unpaired) electrons. The van der Waals surface area contributed by atoms with E-state index in [1.165, 1.54) is 79.9 Å². The van der Waals surface area contributed by atoms with Gasteiger partial charge in [0.15, 0.2) is 0 Å². The fourth-order valence-electron chi connectivity index (χ4n) is 15.5. The van der Waals surface area contributed by atoms with Crippen LogP contribution in [0.4, 0.5) is 13.2 Å². The summed E-state index contributed by atoms with van der Waals surface area (Å²) in [6.45, 7) is 2.53. The number of nitriles is 1. The lowest BCUT2D eigenvalue weighted by molar-refractivity contribution is -0.157. The Morgan fingerprint density at radius 1 is 0.630 bits per heavy atom. The molecule has 3 aliphatic carbocycles. The van der Waals surface area contributed by atoms with E-state index in [2.05, 4.69) is 16.0 Å². The molecule has 6 fully saturated rings.